The number of nitrogen functional groups attached to an aromatic ring is 1. The molecule has 0 spiro atoms. The van der Waals surface area contributed by atoms with E-state index in [-0.39, 0.29) is 0 Å². The van der Waals surface area contributed by atoms with Crippen molar-refractivity contribution in [1.29, 1.82) is 0 Å². The van der Waals surface area contributed by atoms with Crippen molar-refractivity contribution < 1.29 is 0 Å². The number of aromatic amines is 1. The molecule has 0 unspecified atom stereocenters. The minimum Gasteiger partial charge on any atom is -0.382 e. The van der Waals surface area contributed by atoms with Gasteiger partial charge in [0.25, 0.3) is 0 Å². The van der Waals surface area contributed by atoms with Crippen molar-refractivity contribution in [2.75, 3.05) is 17.6 Å². The average Bonchev–Trinajstić information content (AvgIpc) is 2.61. The summed E-state index contributed by atoms with van der Waals surface area (Å²) in [6, 6.07) is 0. The quantitative estimate of drug-likeness (QED) is 0.601. The third-order valence-corrected chi connectivity index (χ3v) is 2.75. The number of hydrogen-bond donors (Lipinski definition) is 3. The fourth-order valence-electron chi connectivity index (χ4n) is 2.10. The number of pyridine rings is 1. The summed E-state index contributed by atoms with van der Waals surface area (Å²) < 4.78 is 0. The summed E-state index contributed by atoms with van der Waals surface area (Å²) in [5.41, 5.74) is 9.77. The van der Waals surface area contributed by atoms with Gasteiger partial charge in [0.1, 0.15) is 11.3 Å². The number of nitrogens with zero attached hydrogens (tertiary/aromatic N) is 2. The zero-order valence-corrected chi connectivity index (χ0v) is 8.59. The molecular formula is C10H13N5. The number of fused-ring (bicyclic) bond motifs is 3. The Morgan fingerprint density at radius 3 is 3.07 bits per heavy atom. The summed E-state index contributed by atoms with van der Waals surface area (Å²) >= 11 is 0. The van der Waals surface area contributed by atoms with Crippen molar-refractivity contribution in [3.63, 3.8) is 0 Å². The second-order valence-electron chi connectivity index (χ2n) is 3.89. The Kier molecular flexibility index (Phi) is 1.62. The van der Waals surface area contributed by atoms with Crippen molar-refractivity contribution in [2.24, 2.45) is 0 Å². The van der Waals surface area contributed by atoms with Crippen LogP contribution in [0.25, 0.3) is 11.0 Å². The van der Waals surface area contributed by atoms with E-state index in [1.165, 1.54) is 0 Å². The first kappa shape index (κ1) is 8.52. The predicted molar refractivity (Wildman–Crippen MR) is 59.8 cm³/mol. The summed E-state index contributed by atoms with van der Waals surface area (Å²) in [6.45, 7) is 2.92. The van der Waals surface area contributed by atoms with E-state index in [2.05, 4.69) is 20.3 Å². The van der Waals surface area contributed by atoms with E-state index in [4.69, 9.17) is 5.73 Å². The highest BCUT2D eigenvalue weighted by Gasteiger charge is 2.17. The molecule has 2 aromatic heterocycles. The Balaban J connectivity index is 2.38. The van der Waals surface area contributed by atoms with Gasteiger partial charge in [-0.25, -0.2) is 9.97 Å². The topological polar surface area (TPSA) is 79.6 Å². The first-order valence-corrected chi connectivity index (χ1v) is 5.14. The van der Waals surface area contributed by atoms with Gasteiger partial charge in [-0.3, -0.25) is 0 Å². The molecule has 78 valence electrons. The van der Waals surface area contributed by atoms with E-state index in [9.17, 15) is 0 Å². The van der Waals surface area contributed by atoms with Gasteiger partial charge in [-0.1, -0.05) is 0 Å². The van der Waals surface area contributed by atoms with E-state index < -0.39 is 0 Å². The number of imidazole rings is 1. The molecule has 0 fully saturated rings. The first-order chi connectivity index (χ1) is 7.25. The number of nitrogens with two attached hydrogens (primary N) is 1. The number of aromatic nitrogens is 3. The molecule has 5 nitrogen and oxygen atoms in total. The van der Waals surface area contributed by atoms with Gasteiger partial charge in [0.05, 0.1) is 16.9 Å². The number of aryl methyl sites for hydroxylation is 2. The largest absolute Gasteiger partial charge is 0.382 e. The second-order valence-corrected chi connectivity index (χ2v) is 3.89. The van der Waals surface area contributed by atoms with Crippen LogP contribution < -0.4 is 11.1 Å². The van der Waals surface area contributed by atoms with Crippen LogP contribution in [0.2, 0.25) is 0 Å². The summed E-state index contributed by atoms with van der Waals surface area (Å²) in [4.78, 5) is 12.0. The molecule has 0 atom stereocenters. The number of rotatable bonds is 0. The molecule has 0 radical (unpaired) electrons. The van der Waals surface area contributed by atoms with Crippen LogP contribution in [0, 0.1) is 6.92 Å². The molecule has 15 heavy (non-hydrogen) atoms. The van der Waals surface area contributed by atoms with Gasteiger partial charge in [-0.15, -0.1) is 0 Å². The van der Waals surface area contributed by atoms with E-state index in [0.29, 0.717) is 5.82 Å². The lowest BCUT2D eigenvalue weighted by molar-refractivity contribution is 0.806. The molecule has 1 aliphatic heterocycles. The summed E-state index contributed by atoms with van der Waals surface area (Å²) in [5.74, 6) is 1.40. The SMILES string of the molecule is Cc1nc2c(N)nc3c(c2[nH]1)NCCC3. The minimum atomic E-state index is 0.525. The highest BCUT2D eigenvalue weighted by atomic mass is 15.0. The fraction of sp³-hybridized carbons (Fsp3) is 0.400. The van der Waals surface area contributed by atoms with Gasteiger partial charge in [-0.2, -0.15) is 0 Å². The van der Waals surface area contributed by atoms with Gasteiger partial charge in [0, 0.05) is 6.54 Å². The third-order valence-electron chi connectivity index (χ3n) is 2.75. The van der Waals surface area contributed by atoms with Crippen LogP contribution in [0.3, 0.4) is 0 Å². The first-order valence-electron chi connectivity index (χ1n) is 5.14. The monoisotopic (exact) mass is 203 g/mol. The number of nitrogens with one attached hydrogen (secondary N) is 2. The third kappa shape index (κ3) is 1.16. The maximum absolute atomic E-state index is 5.87. The van der Waals surface area contributed by atoms with Crippen LogP contribution in [-0.4, -0.2) is 21.5 Å². The van der Waals surface area contributed by atoms with Gasteiger partial charge in [0.2, 0.25) is 0 Å². The van der Waals surface area contributed by atoms with Crippen LogP contribution in [-0.2, 0) is 6.42 Å². The maximum atomic E-state index is 5.87. The number of hydrogen-bond acceptors (Lipinski definition) is 4. The lowest BCUT2D eigenvalue weighted by atomic mass is 10.1. The zero-order chi connectivity index (χ0) is 10.4. The lowest BCUT2D eigenvalue weighted by Gasteiger charge is -2.17. The van der Waals surface area contributed by atoms with Crippen molar-refractivity contribution in [3.8, 4) is 0 Å². The molecule has 5 heteroatoms. The molecule has 0 aliphatic carbocycles. The molecule has 1 aliphatic rings. The Morgan fingerprint density at radius 2 is 2.20 bits per heavy atom. The molecule has 0 saturated carbocycles. The summed E-state index contributed by atoms with van der Waals surface area (Å²) in [5, 5.41) is 3.36. The molecule has 0 bridgehead atoms. The predicted octanol–water partition coefficient (Wildman–Crippen LogP) is 1.21. The molecule has 3 rings (SSSR count). The smallest absolute Gasteiger partial charge is 0.152 e. The van der Waals surface area contributed by atoms with Crippen LogP contribution >= 0.6 is 0 Å². The molecule has 4 N–H and O–H groups in total. The Hall–Kier alpha value is -1.78. The van der Waals surface area contributed by atoms with Crippen LogP contribution in [0.5, 0.6) is 0 Å². The maximum Gasteiger partial charge on any atom is 0.152 e. The van der Waals surface area contributed by atoms with Crippen molar-refractivity contribution in [1.82, 2.24) is 15.0 Å². The van der Waals surface area contributed by atoms with Gasteiger partial charge < -0.3 is 16.0 Å². The lowest BCUT2D eigenvalue weighted by Crippen LogP contribution is -2.14. The van der Waals surface area contributed by atoms with Crippen LogP contribution in [0.15, 0.2) is 0 Å². The molecular weight excluding hydrogens is 190 g/mol. The highest BCUT2D eigenvalue weighted by Crippen LogP contribution is 2.30. The second kappa shape index (κ2) is 2.85. The van der Waals surface area contributed by atoms with E-state index >= 15 is 0 Å². The van der Waals surface area contributed by atoms with E-state index in [0.717, 1.165) is 47.6 Å². The molecule has 0 amide bonds. The van der Waals surface area contributed by atoms with Crippen molar-refractivity contribution in [3.05, 3.63) is 11.5 Å². The number of H-pyrrole nitrogens is 1. The normalized spacial score (nSPS) is 15.0. The van der Waals surface area contributed by atoms with Crippen LogP contribution in [0.1, 0.15) is 17.9 Å². The molecule has 3 heterocycles. The van der Waals surface area contributed by atoms with Gasteiger partial charge in [0.15, 0.2) is 5.82 Å². The molecule has 0 aromatic carbocycles. The number of anilines is 2. The van der Waals surface area contributed by atoms with E-state index in [1.54, 1.807) is 0 Å². The highest BCUT2D eigenvalue weighted by molar-refractivity contribution is 5.95. The van der Waals surface area contributed by atoms with Crippen molar-refractivity contribution >= 4 is 22.5 Å². The average molecular weight is 203 g/mol. The van der Waals surface area contributed by atoms with Gasteiger partial charge in [-0.05, 0) is 19.8 Å². The Labute approximate surface area is 87.1 Å². The van der Waals surface area contributed by atoms with E-state index in [1.807, 2.05) is 6.92 Å². The zero-order valence-electron chi connectivity index (χ0n) is 8.59. The summed E-state index contributed by atoms with van der Waals surface area (Å²) in [6.07, 6.45) is 2.10. The Bertz CT molecular complexity index is 528. The van der Waals surface area contributed by atoms with Gasteiger partial charge >= 0.3 is 0 Å². The van der Waals surface area contributed by atoms with Crippen LogP contribution in [0.4, 0.5) is 11.5 Å². The standard InChI is InChI=1S/C10H13N5/c1-5-13-8-7-6(3-2-4-12-7)15-10(11)9(8)14-5/h12H,2-4H2,1H3,(H2,11,15)(H,13,14). The van der Waals surface area contributed by atoms with Crippen molar-refractivity contribution in [2.45, 2.75) is 19.8 Å². The molecule has 0 saturated heterocycles. The fourth-order valence-corrected chi connectivity index (χ4v) is 2.10. The Morgan fingerprint density at radius 1 is 1.33 bits per heavy atom. The molecule has 2 aromatic rings. The minimum absolute atomic E-state index is 0.525. The summed E-state index contributed by atoms with van der Waals surface area (Å²) in [7, 11) is 0.